The molecule has 3 aliphatic rings. The van der Waals surface area contributed by atoms with Gasteiger partial charge in [-0.3, -0.25) is 4.79 Å². The van der Waals surface area contributed by atoms with Crippen LogP contribution in [0.3, 0.4) is 0 Å². The Balaban J connectivity index is 1.43. The predicted molar refractivity (Wildman–Crippen MR) is 116 cm³/mol. The first-order valence-corrected chi connectivity index (χ1v) is 11.0. The second-order valence-corrected chi connectivity index (χ2v) is 9.95. The van der Waals surface area contributed by atoms with Crippen LogP contribution >= 0.6 is 22.9 Å². The van der Waals surface area contributed by atoms with Gasteiger partial charge in [0.15, 0.2) is 5.65 Å². The topological polar surface area (TPSA) is 112 Å². The van der Waals surface area contributed by atoms with Crippen LogP contribution in [0.25, 0.3) is 11.2 Å². The van der Waals surface area contributed by atoms with Gasteiger partial charge in [0.25, 0.3) is 0 Å². The summed E-state index contributed by atoms with van der Waals surface area (Å²) in [5.74, 6) is 5.53. The third-order valence-corrected chi connectivity index (χ3v) is 8.27. The van der Waals surface area contributed by atoms with E-state index in [1.165, 1.54) is 11.3 Å². The highest BCUT2D eigenvalue weighted by atomic mass is 35.5. The van der Waals surface area contributed by atoms with E-state index in [4.69, 9.17) is 11.6 Å². The maximum absolute atomic E-state index is 12.4. The van der Waals surface area contributed by atoms with Crippen LogP contribution in [0.4, 0.5) is 5.69 Å². The molecule has 3 heterocycles. The zero-order valence-corrected chi connectivity index (χ0v) is 18.1. The van der Waals surface area contributed by atoms with Crippen molar-refractivity contribution in [3.63, 3.8) is 0 Å². The Hall–Kier alpha value is -2.64. The van der Waals surface area contributed by atoms with Crippen LogP contribution in [0.1, 0.15) is 16.6 Å². The van der Waals surface area contributed by atoms with Crippen LogP contribution < -0.4 is 10.6 Å². The second-order valence-electron chi connectivity index (χ2n) is 8.23. The molecule has 31 heavy (non-hydrogen) atoms. The summed E-state index contributed by atoms with van der Waals surface area (Å²) < 4.78 is 2.45. The first-order valence-electron chi connectivity index (χ1n) is 9.84. The smallest absolute Gasteiger partial charge is 0.229 e. The minimum absolute atomic E-state index is 0.146. The van der Waals surface area contributed by atoms with E-state index in [0.29, 0.717) is 21.2 Å². The molecule has 0 aromatic carbocycles. The summed E-state index contributed by atoms with van der Waals surface area (Å²) in [4.78, 5) is 22.4. The van der Waals surface area contributed by atoms with Crippen molar-refractivity contribution in [3.8, 4) is 11.8 Å². The highest BCUT2D eigenvalue weighted by molar-refractivity contribution is 7.16. The molecule has 3 aromatic rings. The van der Waals surface area contributed by atoms with E-state index < -0.39 is 23.2 Å². The van der Waals surface area contributed by atoms with Gasteiger partial charge in [-0.1, -0.05) is 11.6 Å². The van der Waals surface area contributed by atoms with E-state index >= 15 is 0 Å². The summed E-state index contributed by atoms with van der Waals surface area (Å²) in [6, 6.07) is 5.00. The monoisotopic (exact) mass is 455 g/mol. The molecule has 0 bridgehead atoms. The first kappa shape index (κ1) is 19.1. The zero-order chi connectivity index (χ0) is 21.7. The molecule has 8 nitrogen and oxygen atoms in total. The molecule has 6 atom stereocenters. The standard InChI is InChI=1S/C21H18ClN5O3S/c1-23-11-7-9(3-4-10-5-6-12(22)31-10)26-17-14(11)25-8-27(17)16-13-15-20(13,19(29)24-2)18(28)21(15,16)30/h5-8,13,15-16,18,28,30H,1-2H3,(H,23,26)(H,24,29)/t13?,15-,16+,18+,20?,21+/m0/s1. The number of fused-ring (bicyclic) bond motifs is 2. The van der Waals surface area contributed by atoms with Gasteiger partial charge in [-0.25, -0.2) is 9.97 Å². The van der Waals surface area contributed by atoms with Gasteiger partial charge in [-0.15, -0.1) is 11.3 Å². The SMILES string of the molecule is CNC(=O)C12C3[C@@H](n4cnc5c(NC)cc(C#Cc6ccc(Cl)s6)nc54)[C@@](O)([C@@H]1O)[C@@H]32. The van der Waals surface area contributed by atoms with Crippen molar-refractivity contribution in [1.82, 2.24) is 19.9 Å². The lowest BCUT2D eigenvalue weighted by Crippen LogP contribution is -2.67. The van der Waals surface area contributed by atoms with Crippen molar-refractivity contribution in [3.05, 3.63) is 39.4 Å². The molecule has 1 amide bonds. The maximum Gasteiger partial charge on any atom is 0.229 e. The normalized spacial score (nSPS) is 34.1. The van der Waals surface area contributed by atoms with Crippen LogP contribution in [0.5, 0.6) is 0 Å². The average molecular weight is 456 g/mol. The number of imidazole rings is 1. The molecule has 10 heteroatoms. The van der Waals surface area contributed by atoms with Gasteiger partial charge in [-0.2, -0.15) is 0 Å². The predicted octanol–water partition coefficient (Wildman–Crippen LogP) is 1.23. The fourth-order valence-electron chi connectivity index (χ4n) is 5.87. The van der Waals surface area contributed by atoms with E-state index in [2.05, 4.69) is 32.4 Å². The average Bonchev–Trinajstić information content (AvgIpc) is 3.06. The van der Waals surface area contributed by atoms with Crippen molar-refractivity contribution in [2.45, 2.75) is 17.7 Å². The van der Waals surface area contributed by atoms with Crippen LogP contribution in [-0.4, -0.2) is 56.5 Å². The van der Waals surface area contributed by atoms with Crippen LogP contribution in [0.2, 0.25) is 4.34 Å². The molecule has 0 spiro atoms. The zero-order valence-electron chi connectivity index (χ0n) is 16.5. The lowest BCUT2D eigenvalue weighted by Gasteiger charge is -2.51. The van der Waals surface area contributed by atoms with Crippen molar-refractivity contribution in [2.75, 3.05) is 19.4 Å². The minimum Gasteiger partial charge on any atom is -0.389 e. The Morgan fingerprint density at radius 2 is 2.16 bits per heavy atom. The molecule has 3 aromatic heterocycles. The van der Waals surface area contributed by atoms with E-state index in [0.717, 1.165) is 10.6 Å². The summed E-state index contributed by atoms with van der Waals surface area (Å²) in [6.45, 7) is 0. The lowest BCUT2D eigenvalue weighted by atomic mass is 9.63. The summed E-state index contributed by atoms with van der Waals surface area (Å²) in [6.07, 6.45) is 0.513. The number of nitrogens with zero attached hydrogens (tertiary/aromatic N) is 3. The van der Waals surface area contributed by atoms with Gasteiger partial charge in [0.05, 0.1) is 32.7 Å². The maximum atomic E-state index is 12.4. The fraction of sp³-hybridized carbons (Fsp3) is 0.381. The fourth-order valence-corrected chi connectivity index (χ4v) is 6.77. The molecular formula is C21H18ClN5O3S. The molecule has 0 radical (unpaired) electrons. The van der Waals surface area contributed by atoms with Crippen molar-refractivity contribution in [2.24, 2.45) is 17.3 Å². The molecule has 0 saturated heterocycles. The van der Waals surface area contributed by atoms with Gasteiger partial charge < -0.3 is 25.4 Å². The Labute approximate surface area is 186 Å². The highest BCUT2D eigenvalue weighted by Gasteiger charge is 3.02. The Morgan fingerprint density at radius 3 is 2.81 bits per heavy atom. The number of carbonyl (C=O) groups is 1. The molecule has 0 aliphatic heterocycles. The van der Waals surface area contributed by atoms with E-state index in [1.54, 1.807) is 31.1 Å². The highest BCUT2D eigenvalue weighted by Crippen LogP contribution is 2.91. The summed E-state index contributed by atoms with van der Waals surface area (Å²) in [5, 5.41) is 27.6. The molecular weight excluding hydrogens is 438 g/mol. The summed E-state index contributed by atoms with van der Waals surface area (Å²) in [5.41, 5.74) is 0.226. The molecule has 2 unspecified atom stereocenters. The third-order valence-electron chi connectivity index (χ3n) is 7.13. The van der Waals surface area contributed by atoms with Gasteiger partial charge in [0, 0.05) is 25.9 Å². The Bertz CT molecular complexity index is 1340. The third kappa shape index (κ3) is 2.06. The van der Waals surface area contributed by atoms with Gasteiger partial charge in [0.2, 0.25) is 5.91 Å². The number of amides is 1. The minimum atomic E-state index is -1.35. The molecule has 6 rings (SSSR count). The number of aromatic nitrogens is 3. The number of halogens is 1. The summed E-state index contributed by atoms with van der Waals surface area (Å²) >= 11 is 7.37. The number of hydrogen-bond acceptors (Lipinski definition) is 7. The number of nitrogens with one attached hydrogen (secondary N) is 2. The van der Waals surface area contributed by atoms with E-state index in [-0.39, 0.29) is 17.7 Å². The van der Waals surface area contributed by atoms with E-state index in [1.807, 2.05) is 12.1 Å². The lowest BCUT2D eigenvalue weighted by molar-refractivity contribution is -0.216. The molecule has 158 valence electrons. The molecule has 3 aliphatic carbocycles. The second kappa shape index (κ2) is 5.99. The van der Waals surface area contributed by atoms with Gasteiger partial charge >= 0.3 is 0 Å². The number of rotatable bonds is 3. The number of carbonyl (C=O) groups excluding carboxylic acids is 1. The number of hydrogen-bond donors (Lipinski definition) is 4. The molecule has 4 N–H and O–H groups in total. The molecule has 3 fully saturated rings. The van der Waals surface area contributed by atoms with Gasteiger partial charge in [0.1, 0.15) is 22.9 Å². The first-order chi connectivity index (χ1) is 14.9. The number of aliphatic hydroxyl groups excluding tert-OH is 1. The number of thiophene rings is 1. The van der Waals surface area contributed by atoms with Crippen molar-refractivity contribution in [1.29, 1.82) is 0 Å². The van der Waals surface area contributed by atoms with E-state index in [9.17, 15) is 15.0 Å². The van der Waals surface area contributed by atoms with Crippen LogP contribution in [0, 0.1) is 29.1 Å². The van der Waals surface area contributed by atoms with Crippen LogP contribution in [0.15, 0.2) is 24.5 Å². The largest absolute Gasteiger partial charge is 0.389 e. The molecule has 3 saturated carbocycles. The van der Waals surface area contributed by atoms with Gasteiger partial charge in [-0.05, 0) is 30.0 Å². The number of pyridine rings is 1. The Kier molecular flexibility index (Phi) is 3.68. The number of aliphatic hydroxyl groups is 2. The van der Waals surface area contributed by atoms with Crippen molar-refractivity contribution < 1.29 is 15.0 Å². The number of anilines is 1. The Morgan fingerprint density at radius 1 is 1.35 bits per heavy atom. The quantitative estimate of drug-likeness (QED) is 0.442. The summed E-state index contributed by atoms with van der Waals surface area (Å²) in [7, 11) is 3.34. The van der Waals surface area contributed by atoms with Crippen LogP contribution in [-0.2, 0) is 4.79 Å². The van der Waals surface area contributed by atoms with Crippen molar-refractivity contribution >= 4 is 45.7 Å².